The van der Waals surface area contributed by atoms with Crippen LogP contribution >= 0.6 is 23.2 Å². The summed E-state index contributed by atoms with van der Waals surface area (Å²) in [6.45, 7) is -1.36. The van der Waals surface area contributed by atoms with Crippen LogP contribution in [-0.4, -0.2) is 41.9 Å². The molecule has 8 nitrogen and oxygen atoms in total. The predicted molar refractivity (Wildman–Crippen MR) is 113 cm³/mol. The zero-order valence-corrected chi connectivity index (χ0v) is 18.0. The predicted octanol–water partition coefficient (Wildman–Crippen LogP) is 4.04. The highest BCUT2D eigenvalue weighted by molar-refractivity contribution is 6.33. The third kappa shape index (κ3) is 4.95. The fourth-order valence-corrected chi connectivity index (χ4v) is 3.33. The fourth-order valence-electron chi connectivity index (χ4n) is 2.99. The first-order valence-electron chi connectivity index (χ1n) is 9.39. The van der Waals surface area contributed by atoms with Crippen molar-refractivity contribution < 1.29 is 22.7 Å². The summed E-state index contributed by atoms with van der Waals surface area (Å²) in [6, 6.07) is 12.7. The van der Waals surface area contributed by atoms with Crippen molar-refractivity contribution in [3.8, 4) is 22.8 Å². The Hall–Kier alpha value is -3.15. The van der Waals surface area contributed by atoms with E-state index in [0.717, 1.165) is 9.25 Å². The third-order valence-corrected chi connectivity index (χ3v) is 5.20. The highest BCUT2D eigenvalue weighted by Crippen LogP contribution is 2.27. The van der Waals surface area contributed by atoms with Crippen molar-refractivity contribution in [1.82, 2.24) is 24.5 Å². The number of rotatable bonds is 6. The highest BCUT2D eigenvalue weighted by Gasteiger charge is 2.39. The number of hydrogen-bond donors (Lipinski definition) is 1. The average Bonchev–Trinajstić information content (AvgIpc) is 3.34. The molecule has 0 radical (unpaired) electrons. The van der Waals surface area contributed by atoms with Crippen LogP contribution in [0.5, 0.6) is 0 Å². The molecule has 4 rings (SSSR count). The molecular weight excluding hydrogens is 486 g/mol. The van der Waals surface area contributed by atoms with Gasteiger partial charge in [0.15, 0.2) is 11.9 Å². The quantitative estimate of drug-likeness (QED) is 0.429. The second kappa shape index (κ2) is 9.00. The molecule has 0 saturated heterocycles. The number of hydrogen-bond acceptors (Lipinski definition) is 6. The molecule has 0 aliphatic heterocycles. The molecule has 2 aromatic heterocycles. The zero-order valence-electron chi connectivity index (χ0n) is 16.5. The minimum atomic E-state index is -4.92. The van der Waals surface area contributed by atoms with Gasteiger partial charge in [0.05, 0.1) is 17.1 Å². The summed E-state index contributed by atoms with van der Waals surface area (Å²) < 4.78 is 46.0. The Balaban J connectivity index is 1.71. The lowest BCUT2D eigenvalue weighted by atomic mass is 10.2. The SMILES string of the molecule is O=c1n(Cc2nnc(-c3ccccc3Cl)o2)nc(-c2ccc(Cl)cc2)n1CC(O)C(F)(F)F. The second-order valence-electron chi connectivity index (χ2n) is 6.92. The number of aliphatic hydroxyl groups is 1. The maximum absolute atomic E-state index is 12.9. The van der Waals surface area contributed by atoms with Crippen LogP contribution in [0.4, 0.5) is 13.2 Å². The molecule has 1 N–H and O–H groups in total. The van der Waals surface area contributed by atoms with Gasteiger partial charge in [-0.1, -0.05) is 35.3 Å². The highest BCUT2D eigenvalue weighted by atomic mass is 35.5. The Morgan fingerprint density at radius 1 is 1.06 bits per heavy atom. The van der Waals surface area contributed by atoms with Crippen molar-refractivity contribution in [2.24, 2.45) is 0 Å². The van der Waals surface area contributed by atoms with E-state index in [1.165, 1.54) is 24.3 Å². The summed E-state index contributed by atoms with van der Waals surface area (Å²) in [5.74, 6) is -0.00463. The molecule has 4 aromatic rings. The van der Waals surface area contributed by atoms with Crippen molar-refractivity contribution >= 4 is 23.2 Å². The molecule has 0 fully saturated rings. The summed E-state index contributed by atoms with van der Waals surface area (Å²) in [5.41, 5.74) is -0.0985. The molecule has 13 heteroatoms. The van der Waals surface area contributed by atoms with Gasteiger partial charge in [-0.3, -0.25) is 4.57 Å². The summed E-state index contributed by atoms with van der Waals surface area (Å²) in [4.78, 5) is 12.9. The smallest absolute Gasteiger partial charge is 0.416 e. The van der Waals surface area contributed by atoms with E-state index in [0.29, 0.717) is 21.2 Å². The van der Waals surface area contributed by atoms with Crippen molar-refractivity contribution in [3.05, 3.63) is 75.0 Å². The number of aliphatic hydroxyl groups excluding tert-OH is 1. The molecule has 1 unspecified atom stereocenters. The number of nitrogens with zero attached hydrogens (tertiary/aromatic N) is 5. The lowest BCUT2D eigenvalue weighted by Gasteiger charge is -2.15. The van der Waals surface area contributed by atoms with E-state index >= 15 is 0 Å². The molecule has 0 amide bonds. The van der Waals surface area contributed by atoms with Crippen LogP contribution in [0.3, 0.4) is 0 Å². The van der Waals surface area contributed by atoms with Crippen LogP contribution in [-0.2, 0) is 13.1 Å². The van der Waals surface area contributed by atoms with Crippen molar-refractivity contribution in [2.75, 3.05) is 0 Å². The molecule has 2 aromatic carbocycles. The van der Waals surface area contributed by atoms with Gasteiger partial charge in [-0.2, -0.15) is 13.2 Å². The lowest BCUT2D eigenvalue weighted by molar-refractivity contribution is -0.207. The number of halogens is 5. The van der Waals surface area contributed by atoms with Gasteiger partial charge in [0.25, 0.3) is 0 Å². The minimum absolute atomic E-state index is 0.0179. The molecule has 0 aliphatic rings. The van der Waals surface area contributed by atoms with Crippen molar-refractivity contribution in [3.63, 3.8) is 0 Å². The number of benzene rings is 2. The van der Waals surface area contributed by atoms with Gasteiger partial charge in [-0.25, -0.2) is 9.48 Å². The van der Waals surface area contributed by atoms with E-state index in [1.807, 2.05) is 0 Å². The van der Waals surface area contributed by atoms with E-state index < -0.39 is 24.5 Å². The Morgan fingerprint density at radius 2 is 1.76 bits per heavy atom. The van der Waals surface area contributed by atoms with Gasteiger partial charge in [-0.15, -0.1) is 15.3 Å². The lowest BCUT2D eigenvalue weighted by Crippen LogP contribution is -2.37. The maximum atomic E-state index is 12.9. The zero-order chi connectivity index (χ0) is 23.8. The van der Waals surface area contributed by atoms with Gasteiger partial charge < -0.3 is 9.52 Å². The van der Waals surface area contributed by atoms with Crippen LogP contribution in [0.15, 0.2) is 57.7 Å². The number of alkyl halides is 3. The molecule has 1 atom stereocenters. The summed E-state index contributed by atoms with van der Waals surface area (Å²) in [5, 5.41) is 22.2. The molecule has 2 heterocycles. The standard InChI is InChI=1S/C20H14Cl2F3N5O3/c21-12-7-5-11(6-8-12)17-28-30(19(32)29(17)9-15(31)20(23,24)25)10-16-26-27-18(33-16)13-3-1-2-4-14(13)22/h1-8,15,31H,9-10H2. The first kappa shape index (κ1) is 23.0. The summed E-state index contributed by atoms with van der Waals surface area (Å²) >= 11 is 12.0. The molecule has 0 aliphatic carbocycles. The van der Waals surface area contributed by atoms with E-state index in [1.54, 1.807) is 24.3 Å². The van der Waals surface area contributed by atoms with Crippen LogP contribution in [0.25, 0.3) is 22.8 Å². The Bertz CT molecular complexity index is 1330. The van der Waals surface area contributed by atoms with Gasteiger partial charge in [0.1, 0.15) is 6.54 Å². The van der Waals surface area contributed by atoms with Crippen molar-refractivity contribution in [1.29, 1.82) is 0 Å². The Morgan fingerprint density at radius 3 is 2.42 bits per heavy atom. The summed E-state index contributed by atoms with van der Waals surface area (Å²) in [7, 11) is 0. The van der Waals surface area contributed by atoms with E-state index in [2.05, 4.69) is 15.3 Å². The Kier molecular flexibility index (Phi) is 6.28. The topological polar surface area (TPSA) is 99.0 Å². The number of aromatic nitrogens is 5. The average molecular weight is 500 g/mol. The first-order valence-corrected chi connectivity index (χ1v) is 10.1. The maximum Gasteiger partial charge on any atom is 0.416 e. The van der Waals surface area contributed by atoms with Gasteiger partial charge in [0.2, 0.25) is 11.8 Å². The molecule has 172 valence electrons. The van der Waals surface area contributed by atoms with Crippen molar-refractivity contribution in [2.45, 2.75) is 25.4 Å². The van der Waals surface area contributed by atoms with Crippen LogP contribution in [0, 0.1) is 0 Å². The molecule has 33 heavy (non-hydrogen) atoms. The van der Waals surface area contributed by atoms with Crippen LogP contribution in [0.1, 0.15) is 5.89 Å². The Labute approximate surface area is 193 Å². The molecule has 0 spiro atoms. The third-order valence-electron chi connectivity index (χ3n) is 4.61. The van der Waals surface area contributed by atoms with Gasteiger partial charge in [0, 0.05) is 10.6 Å². The van der Waals surface area contributed by atoms with E-state index in [4.69, 9.17) is 27.6 Å². The molecule has 0 bridgehead atoms. The largest absolute Gasteiger partial charge is 0.419 e. The van der Waals surface area contributed by atoms with Gasteiger partial charge in [-0.05, 0) is 36.4 Å². The second-order valence-corrected chi connectivity index (χ2v) is 7.76. The fraction of sp³-hybridized carbons (Fsp3) is 0.200. The normalized spacial score (nSPS) is 12.8. The summed E-state index contributed by atoms with van der Waals surface area (Å²) in [6.07, 6.45) is -7.69. The first-order chi connectivity index (χ1) is 15.6. The monoisotopic (exact) mass is 499 g/mol. The van der Waals surface area contributed by atoms with E-state index in [9.17, 15) is 23.1 Å². The molecule has 0 saturated carbocycles. The molecular formula is C20H14Cl2F3N5O3. The van der Waals surface area contributed by atoms with Crippen LogP contribution in [0.2, 0.25) is 10.0 Å². The van der Waals surface area contributed by atoms with Crippen LogP contribution < -0.4 is 5.69 Å². The van der Waals surface area contributed by atoms with Gasteiger partial charge >= 0.3 is 11.9 Å². The minimum Gasteiger partial charge on any atom is -0.419 e. The van der Waals surface area contributed by atoms with E-state index in [-0.39, 0.29) is 24.2 Å².